The molecule has 1 saturated carbocycles. The Kier molecular flexibility index (Phi) is 9.11. The summed E-state index contributed by atoms with van der Waals surface area (Å²) in [6.45, 7) is 12.5. The summed E-state index contributed by atoms with van der Waals surface area (Å²) in [5.74, 6) is 2.55. The SMILES string of the molecule is CC.CC.CC1CC(C)[C@@H](Oc2ccc(O)cc2)C1. The zero-order chi connectivity index (χ0) is 14.8. The summed E-state index contributed by atoms with van der Waals surface area (Å²) in [4.78, 5) is 0. The van der Waals surface area contributed by atoms with E-state index < -0.39 is 0 Å². The number of hydrogen-bond acceptors (Lipinski definition) is 2. The summed E-state index contributed by atoms with van der Waals surface area (Å²) in [6, 6.07) is 6.98. The lowest BCUT2D eigenvalue weighted by Crippen LogP contribution is -2.18. The van der Waals surface area contributed by atoms with Gasteiger partial charge >= 0.3 is 0 Å². The molecule has 0 radical (unpaired) electrons. The van der Waals surface area contributed by atoms with Gasteiger partial charge < -0.3 is 9.84 Å². The van der Waals surface area contributed by atoms with Gasteiger partial charge in [0.1, 0.15) is 17.6 Å². The van der Waals surface area contributed by atoms with E-state index in [9.17, 15) is 0 Å². The second kappa shape index (κ2) is 9.71. The minimum absolute atomic E-state index is 0.287. The van der Waals surface area contributed by atoms with Gasteiger partial charge in [0, 0.05) is 0 Å². The van der Waals surface area contributed by atoms with Crippen molar-refractivity contribution in [3.05, 3.63) is 24.3 Å². The second-order valence-corrected chi connectivity index (χ2v) is 4.70. The van der Waals surface area contributed by atoms with E-state index >= 15 is 0 Å². The summed E-state index contributed by atoms with van der Waals surface area (Å²) in [5.41, 5.74) is 0. The topological polar surface area (TPSA) is 29.5 Å². The number of aromatic hydroxyl groups is 1. The van der Waals surface area contributed by atoms with Crippen molar-refractivity contribution in [2.75, 3.05) is 0 Å². The minimum atomic E-state index is 0.287. The first-order chi connectivity index (χ1) is 9.15. The Morgan fingerprint density at radius 1 is 0.947 bits per heavy atom. The van der Waals surface area contributed by atoms with Crippen LogP contribution in [0.2, 0.25) is 0 Å². The molecule has 1 aromatic rings. The van der Waals surface area contributed by atoms with Crippen molar-refractivity contribution in [1.82, 2.24) is 0 Å². The fourth-order valence-electron chi connectivity index (χ4n) is 2.38. The Hall–Kier alpha value is -1.18. The van der Waals surface area contributed by atoms with Gasteiger partial charge in [-0.25, -0.2) is 0 Å². The van der Waals surface area contributed by atoms with Gasteiger partial charge in [0.05, 0.1) is 0 Å². The monoisotopic (exact) mass is 266 g/mol. The van der Waals surface area contributed by atoms with Crippen LogP contribution < -0.4 is 4.74 Å². The van der Waals surface area contributed by atoms with E-state index in [1.807, 2.05) is 39.8 Å². The summed E-state index contributed by atoms with van der Waals surface area (Å²) in [5, 5.41) is 9.16. The lowest BCUT2D eigenvalue weighted by molar-refractivity contribution is 0.166. The third-order valence-corrected chi connectivity index (χ3v) is 3.17. The molecule has 1 aromatic carbocycles. The molecule has 2 heteroatoms. The predicted molar refractivity (Wildman–Crippen MR) is 82.8 cm³/mol. The van der Waals surface area contributed by atoms with Crippen LogP contribution in [-0.4, -0.2) is 11.2 Å². The molecule has 2 rings (SSSR count). The number of hydrogen-bond donors (Lipinski definition) is 1. The van der Waals surface area contributed by atoms with Crippen molar-refractivity contribution in [3.8, 4) is 11.5 Å². The average Bonchev–Trinajstić information content (AvgIpc) is 2.75. The van der Waals surface area contributed by atoms with Crippen molar-refractivity contribution in [1.29, 1.82) is 0 Å². The zero-order valence-corrected chi connectivity index (χ0v) is 13.3. The third-order valence-electron chi connectivity index (χ3n) is 3.17. The summed E-state index contributed by atoms with van der Waals surface area (Å²) >= 11 is 0. The Bertz CT molecular complexity index is 319. The van der Waals surface area contributed by atoms with Crippen LogP contribution in [-0.2, 0) is 0 Å². The second-order valence-electron chi connectivity index (χ2n) is 4.70. The molecule has 19 heavy (non-hydrogen) atoms. The lowest BCUT2D eigenvalue weighted by Gasteiger charge is -2.17. The van der Waals surface area contributed by atoms with Crippen molar-refractivity contribution in [2.45, 2.75) is 60.5 Å². The van der Waals surface area contributed by atoms with E-state index in [-0.39, 0.29) is 5.75 Å². The molecule has 1 N–H and O–H groups in total. The largest absolute Gasteiger partial charge is 0.508 e. The lowest BCUT2D eigenvalue weighted by atomic mass is 10.1. The van der Waals surface area contributed by atoms with Crippen LogP contribution in [0.5, 0.6) is 11.5 Å². The van der Waals surface area contributed by atoms with Crippen LogP contribution in [0.1, 0.15) is 54.4 Å². The summed E-state index contributed by atoms with van der Waals surface area (Å²) < 4.78 is 5.90. The number of benzene rings is 1. The molecule has 0 aliphatic heterocycles. The number of phenols is 1. The molecule has 1 aliphatic carbocycles. The van der Waals surface area contributed by atoms with E-state index in [1.54, 1.807) is 12.1 Å². The van der Waals surface area contributed by atoms with Crippen LogP contribution in [0.4, 0.5) is 0 Å². The van der Waals surface area contributed by atoms with Gasteiger partial charge in [0.25, 0.3) is 0 Å². The highest BCUT2D eigenvalue weighted by atomic mass is 16.5. The highest BCUT2D eigenvalue weighted by molar-refractivity contribution is 5.30. The Morgan fingerprint density at radius 3 is 1.89 bits per heavy atom. The van der Waals surface area contributed by atoms with Crippen molar-refractivity contribution < 1.29 is 9.84 Å². The Balaban J connectivity index is 0.000000741. The number of rotatable bonds is 2. The van der Waals surface area contributed by atoms with E-state index in [0.29, 0.717) is 12.0 Å². The van der Waals surface area contributed by atoms with Gasteiger partial charge in [-0.2, -0.15) is 0 Å². The normalized spacial score (nSPS) is 24.6. The van der Waals surface area contributed by atoms with E-state index in [0.717, 1.165) is 18.1 Å². The van der Waals surface area contributed by atoms with E-state index in [2.05, 4.69) is 13.8 Å². The molecule has 2 unspecified atom stereocenters. The fourth-order valence-corrected chi connectivity index (χ4v) is 2.38. The first-order valence-electron chi connectivity index (χ1n) is 7.61. The summed E-state index contributed by atoms with van der Waals surface area (Å²) in [7, 11) is 0. The van der Waals surface area contributed by atoms with Gasteiger partial charge in [0.15, 0.2) is 0 Å². The molecular weight excluding hydrogens is 236 g/mol. The van der Waals surface area contributed by atoms with Crippen LogP contribution in [0.3, 0.4) is 0 Å². The molecule has 0 amide bonds. The predicted octanol–water partition coefficient (Wildman–Crippen LogP) is 5.26. The molecule has 1 aliphatic rings. The zero-order valence-electron chi connectivity index (χ0n) is 13.3. The van der Waals surface area contributed by atoms with Gasteiger partial charge in [-0.3, -0.25) is 0 Å². The highest BCUT2D eigenvalue weighted by Gasteiger charge is 2.30. The molecule has 0 bridgehead atoms. The molecule has 0 saturated heterocycles. The standard InChI is InChI=1S/C13H18O2.2C2H6/c1-9-7-10(2)13(8-9)15-12-5-3-11(14)4-6-12;2*1-2/h3-6,9-10,13-14H,7-8H2,1-2H3;2*1-2H3/t9?,10?,13-;;/m0../s1. The van der Waals surface area contributed by atoms with Crippen LogP contribution in [0.25, 0.3) is 0 Å². The first-order valence-corrected chi connectivity index (χ1v) is 7.61. The van der Waals surface area contributed by atoms with Gasteiger partial charge in [-0.1, -0.05) is 41.5 Å². The molecule has 1 fully saturated rings. The van der Waals surface area contributed by atoms with E-state index in [1.165, 1.54) is 6.42 Å². The van der Waals surface area contributed by atoms with Crippen molar-refractivity contribution >= 4 is 0 Å². The minimum Gasteiger partial charge on any atom is -0.508 e. The highest BCUT2D eigenvalue weighted by Crippen LogP contribution is 2.33. The van der Waals surface area contributed by atoms with Gasteiger partial charge in [-0.15, -0.1) is 0 Å². The van der Waals surface area contributed by atoms with Crippen molar-refractivity contribution in [3.63, 3.8) is 0 Å². The average molecular weight is 266 g/mol. The Morgan fingerprint density at radius 2 is 1.47 bits per heavy atom. The maximum atomic E-state index is 9.16. The molecule has 0 spiro atoms. The quantitative estimate of drug-likeness (QED) is 0.791. The first kappa shape index (κ1) is 17.8. The molecule has 0 heterocycles. The fraction of sp³-hybridized carbons (Fsp3) is 0.647. The maximum Gasteiger partial charge on any atom is 0.120 e. The molecule has 110 valence electrons. The van der Waals surface area contributed by atoms with Crippen LogP contribution in [0, 0.1) is 11.8 Å². The Labute approximate surface area is 118 Å². The van der Waals surface area contributed by atoms with Crippen molar-refractivity contribution in [2.24, 2.45) is 11.8 Å². The van der Waals surface area contributed by atoms with Gasteiger partial charge in [-0.05, 0) is 48.9 Å². The van der Waals surface area contributed by atoms with Crippen LogP contribution >= 0.6 is 0 Å². The molecular formula is C17H30O2. The smallest absolute Gasteiger partial charge is 0.120 e. The van der Waals surface area contributed by atoms with Crippen LogP contribution in [0.15, 0.2) is 24.3 Å². The maximum absolute atomic E-state index is 9.16. The molecule has 0 aromatic heterocycles. The molecule has 2 nitrogen and oxygen atoms in total. The molecule has 3 atom stereocenters. The summed E-state index contributed by atoms with van der Waals surface area (Å²) in [6.07, 6.45) is 2.73. The van der Waals surface area contributed by atoms with Gasteiger partial charge in [0.2, 0.25) is 0 Å². The third kappa shape index (κ3) is 6.00. The number of ether oxygens (including phenoxy) is 1. The van der Waals surface area contributed by atoms with E-state index in [4.69, 9.17) is 9.84 Å². The number of phenolic OH excluding ortho intramolecular Hbond substituents is 1.